The average molecular weight is 276 g/mol. The van der Waals surface area contributed by atoms with E-state index >= 15 is 0 Å². The fourth-order valence-electron chi connectivity index (χ4n) is 2.26. The lowest BCUT2D eigenvalue weighted by Crippen LogP contribution is -2.15. The Balaban J connectivity index is 2.47. The Morgan fingerprint density at radius 3 is 2.42 bits per heavy atom. The molecule has 0 saturated carbocycles. The van der Waals surface area contributed by atoms with Crippen molar-refractivity contribution in [1.82, 2.24) is 0 Å². The number of halogens is 1. The third-order valence-corrected chi connectivity index (χ3v) is 3.52. The molecule has 1 atom stereocenters. The molecule has 0 aliphatic heterocycles. The van der Waals surface area contributed by atoms with Crippen LogP contribution in [-0.4, -0.2) is 13.7 Å². The lowest BCUT2D eigenvalue weighted by atomic mass is 9.90. The first-order valence-electron chi connectivity index (χ1n) is 6.25. The van der Waals surface area contributed by atoms with Crippen LogP contribution in [-0.2, 0) is 0 Å². The van der Waals surface area contributed by atoms with Gasteiger partial charge in [0.1, 0.15) is 5.75 Å². The summed E-state index contributed by atoms with van der Waals surface area (Å²) < 4.78 is 5.45. The third-order valence-electron chi connectivity index (χ3n) is 3.27. The van der Waals surface area contributed by atoms with Crippen LogP contribution in [0.1, 0.15) is 22.6 Å². The molecule has 0 bridgehead atoms. The average Bonchev–Trinajstić information content (AvgIpc) is 2.42. The maximum atomic E-state index is 5.96. The van der Waals surface area contributed by atoms with Crippen LogP contribution >= 0.6 is 11.6 Å². The first kappa shape index (κ1) is 13.9. The van der Waals surface area contributed by atoms with Crippen LogP contribution in [0.5, 0.6) is 5.75 Å². The van der Waals surface area contributed by atoms with Crippen molar-refractivity contribution in [2.45, 2.75) is 12.8 Å². The molecule has 0 heterocycles. The molecule has 2 rings (SSSR count). The van der Waals surface area contributed by atoms with Gasteiger partial charge in [-0.15, -0.1) is 0 Å². The van der Waals surface area contributed by atoms with E-state index in [1.165, 1.54) is 5.56 Å². The van der Waals surface area contributed by atoms with Crippen LogP contribution in [0.15, 0.2) is 42.5 Å². The number of hydrogen-bond acceptors (Lipinski definition) is 2. The predicted molar refractivity (Wildman–Crippen MR) is 80.1 cm³/mol. The van der Waals surface area contributed by atoms with E-state index < -0.39 is 0 Å². The molecule has 3 heteroatoms. The summed E-state index contributed by atoms with van der Waals surface area (Å²) in [5, 5.41) is 0.732. The third kappa shape index (κ3) is 3.09. The highest BCUT2D eigenvalue weighted by Gasteiger charge is 2.17. The maximum Gasteiger partial charge on any atom is 0.122 e. The number of benzene rings is 2. The summed E-state index contributed by atoms with van der Waals surface area (Å²) >= 11 is 5.93. The van der Waals surface area contributed by atoms with Gasteiger partial charge < -0.3 is 10.5 Å². The Morgan fingerprint density at radius 1 is 1.16 bits per heavy atom. The van der Waals surface area contributed by atoms with E-state index in [9.17, 15) is 0 Å². The van der Waals surface area contributed by atoms with Crippen molar-refractivity contribution in [3.63, 3.8) is 0 Å². The highest BCUT2D eigenvalue weighted by molar-refractivity contribution is 6.30. The molecule has 0 aliphatic rings. The molecule has 0 aliphatic carbocycles. The molecule has 0 fully saturated rings. The van der Waals surface area contributed by atoms with Crippen molar-refractivity contribution in [2.75, 3.05) is 13.7 Å². The van der Waals surface area contributed by atoms with E-state index in [0.717, 1.165) is 21.9 Å². The molecular weight excluding hydrogens is 258 g/mol. The predicted octanol–water partition coefficient (Wildman–Crippen LogP) is 3.75. The molecule has 0 radical (unpaired) electrons. The monoisotopic (exact) mass is 275 g/mol. The van der Waals surface area contributed by atoms with Gasteiger partial charge in [0, 0.05) is 23.0 Å². The molecule has 2 N–H and O–H groups in total. The fourth-order valence-corrected chi connectivity index (χ4v) is 2.39. The summed E-state index contributed by atoms with van der Waals surface area (Å²) in [6.45, 7) is 2.60. The lowest BCUT2D eigenvalue weighted by molar-refractivity contribution is 0.407. The second-order valence-electron chi connectivity index (χ2n) is 4.59. The quantitative estimate of drug-likeness (QED) is 0.922. The highest BCUT2D eigenvalue weighted by atomic mass is 35.5. The van der Waals surface area contributed by atoms with Gasteiger partial charge in [0.25, 0.3) is 0 Å². The zero-order valence-corrected chi connectivity index (χ0v) is 11.9. The van der Waals surface area contributed by atoms with Crippen molar-refractivity contribution in [3.8, 4) is 5.75 Å². The molecule has 19 heavy (non-hydrogen) atoms. The summed E-state index contributed by atoms with van der Waals surface area (Å²) in [5.74, 6) is 0.989. The number of nitrogens with two attached hydrogens (primary N) is 1. The summed E-state index contributed by atoms with van der Waals surface area (Å²) in [6.07, 6.45) is 0. The van der Waals surface area contributed by atoms with Gasteiger partial charge in [-0.25, -0.2) is 0 Å². The Labute approximate surface area is 119 Å². The van der Waals surface area contributed by atoms with E-state index in [-0.39, 0.29) is 5.92 Å². The van der Waals surface area contributed by atoms with Crippen molar-refractivity contribution in [1.29, 1.82) is 0 Å². The van der Waals surface area contributed by atoms with Crippen molar-refractivity contribution < 1.29 is 4.74 Å². The minimum Gasteiger partial charge on any atom is -0.496 e. The molecule has 2 nitrogen and oxygen atoms in total. The van der Waals surface area contributed by atoms with Crippen LogP contribution in [0, 0.1) is 6.92 Å². The summed E-state index contributed by atoms with van der Waals surface area (Å²) in [5.41, 5.74) is 9.42. The molecule has 2 aromatic carbocycles. The van der Waals surface area contributed by atoms with Gasteiger partial charge in [-0.05, 0) is 30.7 Å². The minimum absolute atomic E-state index is 0.118. The van der Waals surface area contributed by atoms with E-state index in [0.29, 0.717) is 6.54 Å². The minimum atomic E-state index is 0.118. The van der Waals surface area contributed by atoms with Gasteiger partial charge in [-0.3, -0.25) is 0 Å². The van der Waals surface area contributed by atoms with Crippen molar-refractivity contribution in [2.24, 2.45) is 5.73 Å². The molecule has 2 aromatic rings. The van der Waals surface area contributed by atoms with E-state index in [2.05, 4.69) is 13.0 Å². The Hall–Kier alpha value is -1.51. The molecule has 0 aromatic heterocycles. The molecule has 0 saturated heterocycles. The van der Waals surface area contributed by atoms with Crippen LogP contribution in [0.3, 0.4) is 0 Å². The molecular formula is C16H18ClNO. The fraction of sp³-hybridized carbons (Fsp3) is 0.250. The van der Waals surface area contributed by atoms with Gasteiger partial charge in [0.15, 0.2) is 0 Å². The summed E-state index contributed by atoms with van der Waals surface area (Å²) in [7, 11) is 1.68. The Kier molecular flexibility index (Phi) is 4.46. The van der Waals surface area contributed by atoms with E-state index in [1.807, 2.05) is 36.4 Å². The highest BCUT2D eigenvalue weighted by Crippen LogP contribution is 2.32. The second-order valence-corrected chi connectivity index (χ2v) is 5.02. The number of rotatable bonds is 4. The SMILES string of the molecule is COc1ccc(C)cc1C(CN)c1ccc(Cl)cc1. The molecule has 0 spiro atoms. The van der Waals surface area contributed by atoms with Crippen molar-refractivity contribution in [3.05, 3.63) is 64.2 Å². The molecule has 1 unspecified atom stereocenters. The second kappa shape index (κ2) is 6.09. The smallest absolute Gasteiger partial charge is 0.122 e. The molecule has 0 amide bonds. The van der Waals surface area contributed by atoms with Crippen LogP contribution in [0.2, 0.25) is 5.02 Å². The Bertz CT molecular complexity index is 551. The number of aryl methyl sites for hydroxylation is 1. The summed E-state index contributed by atoms with van der Waals surface area (Å²) in [4.78, 5) is 0. The van der Waals surface area contributed by atoms with Gasteiger partial charge >= 0.3 is 0 Å². The summed E-state index contributed by atoms with van der Waals surface area (Å²) in [6, 6.07) is 14.0. The topological polar surface area (TPSA) is 35.2 Å². The van der Waals surface area contributed by atoms with Gasteiger partial charge in [0.2, 0.25) is 0 Å². The maximum absolute atomic E-state index is 5.96. The number of methoxy groups -OCH3 is 1. The zero-order chi connectivity index (χ0) is 13.8. The van der Waals surface area contributed by atoms with E-state index in [1.54, 1.807) is 7.11 Å². The standard InChI is InChI=1S/C16H18ClNO/c1-11-3-8-16(19-2)14(9-11)15(10-18)12-4-6-13(17)7-5-12/h3-9,15H,10,18H2,1-2H3. The zero-order valence-electron chi connectivity index (χ0n) is 11.2. The lowest BCUT2D eigenvalue weighted by Gasteiger charge is -2.19. The molecule has 100 valence electrons. The Morgan fingerprint density at radius 2 is 1.84 bits per heavy atom. The van der Waals surface area contributed by atoms with Crippen LogP contribution < -0.4 is 10.5 Å². The van der Waals surface area contributed by atoms with Crippen LogP contribution in [0.25, 0.3) is 0 Å². The first-order chi connectivity index (χ1) is 9.15. The normalized spacial score (nSPS) is 12.2. The van der Waals surface area contributed by atoms with Gasteiger partial charge in [0.05, 0.1) is 7.11 Å². The van der Waals surface area contributed by atoms with Crippen LogP contribution in [0.4, 0.5) is 0 Å². The first-order valence-corrected chi connectivity index (χ1v) is 6.63. The number of hydrogen-bond donors (Lipinski definition) is 1. The van der Waals surface area contributed by atoms with E-state index in [4.69, 9.17) is 22.1 Å². The van der Waals surface area contributed by atoms with Gasteiger partial charge in [-0.1, -0.05) is 41.4 Å². The van der Waals surface area contributed by atoms with Gasteiger partial charge in [-0.2, -0.15) is 0 Å². The number of ether oxygens (including phenoxy) is 1. The largest absolute Gasteiger partial charge is 0.496 e. The van der Waals surface area contributed by atoms with Crippen molar-refractivity contribution >= 4 is 11.6 Å².